The number of nitrogens with one attached hydrogen (secondary N) is 1. The predicted molar refractivity (Wildman–Crippen MR) is 120 cm³/mol. The summed E-state index contributed by atoms with van der Waals surface area (Å²) in [5, 5.41) is 3.84. The van der Waals surface area contributed by atoms with Gasteiger partial charge in [0.1, 0.15) is 0 Å². The first-order valence-electron chi connectivity index (χ1n) is 11.6. The summed E-state index contributed by atoms with van der Waals surface area (Å²) in [6, 6.07) is 7.41. The molecule has 0 aromatic heterocycles. The van der Waals surface area contributed by atoms with Crippen LogP contribution in [0.25, 0.3) is 0 Å². The molecule has 0 heterocycles. The number of allylic oxidation sites excluding steroid dienone is 1. The monoisotopic (exact) mass is 425 g/mol. The largest absolute Gasteiger partial charge is 0.326 e. The number of halogens is 1. The Morgan fingerprint density at radius 2 is 1.77 bits per heavy atom. The summed E-state index contributed by atoms with van der Waals surface area (Å²) in [4.78, 5) is 25.3. The molecule has 6 atom stereocenters. The molecule has 4 aliphatic carbocycles. The van der Waals surface area contributed by atoms with Crippen molar-refractivity contribution in [2.75, 3.05) is 5.32 Å². The highest BCUT2D eigenvalue weighted by Crippen LogP contribution is 2.66. The van der Waals surface area contributed by atoms with E-state index >= 15 is 0 Å². The number of fused-ring (bicyclic) bond motifs is 5. The van der Waals surface area contributed by atoms with E-state index in [1.54, 1.807) is 0 Å². The first-order chi connectivity index (χ1) is 14.3. The van der Waals surface area contributed by atoms with Crippen LogP contribution in [0.2, 0.25) is 5.02 Å². The Kier molecular flexibility index (Phi) is 4.89. The molecule has 0 unspecified atom stereocenters. The molecule has 3 saturated carbocycles. The van der Waals surface area contributed by atoms with Gasteiger partial charge in [-0.2, -0.15) is 0 Å². The fourth-order valence-electron chi connectivity index (χ4n) is 7.75. The summed E-state index contributed by atoms with van der Waals surface area (Å²) in [5.74, 6) is 2.55. The van der Waals surface area contributed by atoms with Gasteiger partial charge >= 0.3 is 0 Å². The molecule has 0 spiro atoms. The summed E-state index contributed by atoms with van der Waals surface area (Å²) in [7, 11) is 0. The molecule has 30 heavy (non-hydrogen) atoms. The van der Waals surface area contributed by atoms with Gasteiger partial charge in [0, 0.05) is 23.0 Å². The van der Waals surface area contributed by atoms with Gasteiger partial charge in [-0.15, -0.1) is 0 Å². The van der Waals surface area contributed by atoms with Crippen LogP contribution in [0.1, 0.15) is 65.2 Å². The van der Waals surface area contributed by atoms with E-state index in [2.05, 4.69) is 19.2 Å². The van der Waals surface area contributed by atoms with Crippen LogP contribution in [0.3, 0.4) is 0 Å². The smallest absolute Gasteiger partial charge is 0.228 e. The van der Waals surface area contributed by atoms with Gasteiger partial charge in [-0.3, -0.25) is 9.59 Å². The maximum Gasteiger partial charge on any atom is 0.228 e. The minimum atomic E-state index is 0.0804. The lowest BCUT2D eigenvalue weighted by Gasteiger charge is -2.58. The minimum Gasteiger partial charge on any atom is -0.326 e. The van der Waals surface area contributed by atoms with Crippen molar-refractivity contribution in [2.24, 2.45) is 34.5 Å². The molecule has 0 bridgehead atoms. The van der Waals surface area contributed by atoms with E-state index in [1.165, 1.54) is 18.4 Å². The van der Waals surface area contributed by atoms with Crippen molar-refractivity contribution < 1.29 is 9.59 Å². The number of anilines is 1. The number of amides is 1. The molecule has 3 fully saturated rings. The number of carbonyl (C=O) groups is 2. The van der Waals surface area contributed by atoms with Crippen molar-refractivity contribution in [1.82, 2.24) is 0 Å². The molecule has 0 aliphatic heterocycles. The van der Waals surface area contributed by atoms with Crippen molar-refractivity contribution in [3.05, 3.63) is 40.9 Å². The second-order valence-corrected chi connectivity index (χ2v) is 11.1. The van der Waals surface area contributed by atoms with Gasteiger partial charge in [-0.25, -0.2) is 0 Å². The Balaban J connectivity index is 1.36. The average molecular weight is 426 g/mol. The molecular formula is C26H32ClNO2. The molecule has 0 saturated heterocycles. The molecule has 4 aliphatic rings. The van der Waals surface area contributed by atoms with E-state index < -0.39 is 0 Å². The van der Waals surface area contributed by atoms with E-state index in [0.29, 0.717) is 35.0 Å². The van der Waals surface area contributed by atoms with Gasteiger partial charge in [0.05, 0.1) is 0 Å². The number of ketones is 1. The van der Waals surface area contributed by atoms with Crippen LogP contribution >= 0.6 is 11.6 Å². The van der Waals surface area contributed by atoms with Gasteiger partial charge in [-0.05, 0) is 104 Å². The zero-order chi connectivity index (χ0) is 21.1. The summed E-state index contributed by atoms with van der Waals surface area (Å²) in [6.45, 7) is 4.80. The normalized spacial score (nSPS) is 40.1. The van der Waals surface area contributed by atoms with Gasteiger partial charge in [-0.1, -0.05) is 31.0 Å². The summed E-state index contributed by atoms with van der Waals surface area (Å²) in [6.07, 6.45) is 10.4. The number of carbonyl (C=O) groups excluding carboxylic acids is 2. The van der Waals surface area contributed by atoms with Crippen LogP contribution in [0.5, 0.6) is 0 Å². The lowest BCUT2D eigenvalue weighted by Crippen LogP contribution is -2.51. The van der Waals surface area contributed by atoms with Crippen LogP contribution in [-0.4, -0.2) is 11.7 Å². The van der Waals surface area contributed by atoms with Crippen LogP contribution in [-0.2, 0) is 9.59 Å². The van der Waals surface area contributed by atoms with Gasteiger partial charge in [0.15, 0.2) is 5.78 Å². The number of benzene rings is 1. The molecule has 0 radical (unpaired) electrons. The highest BCUT2D eigenvalue weighted by molar-refractivity contribution is 6.30. The summed E-state index contributed by atoms with van der Waals surface area (Å²) >= 11 is 5.99. The molecule has 1 amide bonds. The summed E-state index contributed by atoms with van der Waals surface area (Å²) < 4.78 is 0. The molecule has 160 valence electrons. The summed E-state index contributed by atoms with van der Waals surface area (Å²) in [5.41, 5.74) is 2.53. The zero-order valence-electron chi connectivity index (χ0n) is 18.0. The predicted octanol–water partition coefficient (Wildman–Crippen LogP) is 6.43. The van der Waals surface area contributed by atoms with E-state index in [0.717, 1.165) is 37.8 Å². The van der Waals surface area contributed by atoms with Gasteiger partial charge < -0.3 is 5.32 Å². The topological polar surface area (TPSA) is 46.2 Å². The third-order valence-corrected chi connectivity index (χ3v) is 9.64. The number of hydrogen-bond acceptors (Lipinski definition) is 2. The lowest BCUT2D eigenvalue weighted by atomic mass is 9.47. The molecule has 1 aromatic carbocycles. The van der Waals surface area contributed by atoms with Crippen LogP contribution in [0.4, 0.5) is 5.69 Å². The van der Waals surface area contributed by atoms with E-state index in [9.17, 15) is 9.59 Å². The molecule has 5 rings (SSSR count). The maximum atomic E-state index is 13.3. The first kappa shape index (κ1) is 20.3. The van der Waals surface area contributed by atoms with Crippen molar-refractivity contribution in [1.29, 1.82) is 0 Å². The van der Waals surface area contributed by atoms with Crippen LogP contribution in [0, 0.1) is 34.5 Å². The quantitative estimate of drug-likeness (QED) is 0.593. The Hall–Kier alpha value is -1.61. The zero-order valence-corrected chi connectivity index (χ0v) is 18.8. The molecule has 4 heteroatoms. The van der Waals surface area contributed by atoms with E-state index in [1.807, 2.05) is 30.3 Å². The fourth-order valence-corrected chi connectivity index (χ4v) is 7.88. The SMILES string of the molecule is C[C@]12CC[C@H]3[C@@H](CCC4=CC(=O)CC[C@@]43C)[C@@H]1CC[C@@H]2C(=O)Nc1ccc(Cl)cc1. The highest BCUT2D eigenvalue weighted by atomic mass is 35.5. The van der Waals surface area contributed by atoms with Gasteiger partial charge in [0.2, 0.25) is 5.91 Å². The Morgan fingerprint density at radius 1 is 1.00 bits per heavy atom. The Morgan fingerprint density at radius 3 is 2.53 bits per heavy atom. The average Bonchev–Trinajstić information content (AvgIpc) is 3.07. The van der Waals surface area contributed by atoms with E-state index in [4.69, 9.17) is 11.6 Å². The molecule has 3 nitrogen and oxygen atoms in total. The lowest BCUT2D eigenvalue weighted by molar-refractivity contribution is -0.127. The minimum absolute atomic E-state index is 0.0804. The Labute approximate surface area is 184 Å². The van der Waals surface area contributed by atoms with Gasteiger partial charge in [0.25, 0.3) is 0 Å². The van der Waals surface area contributed by atoms with Crippen LogP contribution in [0.15, 0.2) is 35.9 Å². The van der Waals surface area contributed by atoms with E-state index in [-0.39, 0.29) is 22.7 Å². The first-order valence-corrected chi connectivity index (χ1v) is 12.0. The molecule has 1 aromatic rings. The molecular weight excluding hydrogens is 394 g/mol. The third kappa shape index (κ3) is 3.07. The number of hydrogen-bond donors (Lipinski definition) is 1. The Bertz CT molecular complexity index is 906. The second kappa shape index (κ2) is 7.22. The van der Waals surface area contributed by atoms with Crippen molar-refractivity contribution in [3.63, 3.8) is 0 Å². The van der Waals surface area contributed by atoms with Crippen molar-refractivity contribution in [3.8, 4) is 0 Å². The van der Waals surface area contributed by atoms with Crippen LogP contribution < -0.4 is 5.32 Å². The highest BCUT2D eigenvalue weighted by Gasteiger charge is 2.60. The maximum absolute atomic E-state index is 13.3. The molecule has 1 N–H and O–H groups in total. The van der Waals surface area contributed by atoms with Crippen molar-refractivity contribution in [2.45, 2.75) is 65.2 Å². The third-order valence-electron chi connectivity index (χ3n) is 9.39. The fraction of sp³-hybridized carbons (Fsp3) is 0.615. The standard InChI is InChI=1S/C26H32ClNO2/c1-25-13-11-19(29)15-16(25)3-8-20-21-9-10-23(26(21,2)14-12-22(20)25)24(30)28-18-6-4-17(27)5-7-18/h4-7,15,20-23H,3,8-14H2,1-2H3,(H,28,30)/t20-,21-,22-,23+,25-,26-/m0/s1. The second-order valence-electron chi connectivity index (χ2n) is 10.6. The number of rotatable bonds is 2. The van der Waals surface area contributed by atoms with Crippen molar-refractivity contribution >= 4 is 29.0 Å².